The Hall–Kier alpha value is -2.15. The lowest BCUT2D eigenvalue weighted by molar-refractivity contribution is -0.141. The summed E-state index contributed by atoms with van der Waals surface area (Å²) in [5, 5.41) is 11.6. The summed E-state index contributed by atoms with van der Waals surface area (Å²) in [5.74, 6) is -0.918. The third-order valence-electron chi connectivity index (χ3n) is 3.24. The van der Waals surface area contributed by atoms with Crippen LogP contribution in [0.15, 0.2) is 24.5 Å². The maximum atomic E-state index is 12.0. The van der Waals surface area contributed by atoms with Gasteiger partial charge in [0.25, 0.3) is 0 Å². The SMILES string of the molecule is O=C(O)CC1CN(C(=O)NCCc2cccnc2)CCO1. The molecule has 114 valence electrons. The molecule has 2 rings (SSSR count). The van der Waals surface area contributed by atoms with E-state index in [0.717, 1.165) is 5.56 Å². The molecular weight excluding hydrogens is 274 g/mol. The number of amides is 2. The first-order chi connectivity index (χ1) is 10.1. The molecule has 1 aromatic rings. The van der Waals surface area contributed by atoms with Crippen LogP contribution in [-0.4, -0.2) is 59.3 Å². The summed E-state index contributed by atoms with van der Waals surface area (Å²) in [4.78, 5) is 28.3. The van der Waals surface area contributed by atoms with Crippen LogP contribution in [0.25, 0.3) is 0 Å². The molecule has 7 nitrogen and oxygen atoms in total. The number of aromatic nitrogens is 1. The highest BCUT2D eigenvalue weighted by Crippen LogP contribution is 2.08. The number of morpholine rings is 1. The van der Waals surface area contributed by atoms with Crippen LogP contribution in [0.3, 0.4) is 0 Å². The molecule has 1 saturated heterocycles. The van der Waals surface area contributed by atoms with Crippen molar-refractivity contribution < 1.29 is 19.4 Å². The van der Waals surface area contributed by atoms with Crippen LogP contribution in [0.5, 0.6) is 0 Å². The number of rotatable bonds is 5. The van der Waals surface area contributed by atoms with Crippen molar-refractivity contribution in [2.24, 2.45) is 0 Å². The van der Waals surface area contributed by atoms with E-state index in [1.54, 1.807) is 17.3 Å². The fraction of sp³-hybridized carbons (Fsp3) is 0.500. The van der Waals surface area contributed by atoms with Gasteiger partial charge in [-0.25, -0.2) is 4.79 Å². The summed E-state index contributed by atoms with van der Waals surface area (Å²) in [7, 11) is 0. The van der Waals surface area contributed by atoms with Crippen LogP contribution in [-0.2, 0) is 16.0 Å². The average Bonchev–Trinajstić information content (AvgIpc) is 2.48. The lowest BCUT2D eigenvalue weighted by Gasteiger charge is -2.32. The molecule has 0 saturated carbocycles. The fourth-order valence-corrected chi connectivity index (χ4v) is 2.19. The molecule has 1 aliphatic rings. The maximum absolute atomic E-state index is 12.0. The largest absolute Gasteiger partial charge is 0.481 e. The first kappa shape index (κ1) is 15.2. The lowest BCUT2D eigenvalue weighted by atomic mass is 10.2. The molecule has 21 heavy (non-hydrogen) atoms. The molecule has 0 spiro atoms. The van der Waals surface area contributed by atoms with Crippen molar-refractivity contribution in [2.45, 2.75) is 18.9 Å². The maximum Gasteiger partial charge on any atom is 0.317 e. The van der Waals surface area contributed by atoms with Gasteiger partial charge in [-0.1, -0.05) is 6.07 Å². The van der Waals surface area contributed by atoms with Gasteiger partial charge in [0.05, 0.1) is 19.1 Å². The van der Waals surface area contributed by atoms with Crippen molar-refractivity contribution in [1.82, 2.24) is 15.2 Å². The molecule has 1 atom stereocenters. The van der Waals surface area contributed by atoms with E-state index in [2.05, 4.69) is 10.3 Å². The van der Waals surface area contributed by atoms with Gasteiger partial charge in [0.1, 0.15) is 0 Å². The van der Waals surface area contributed by atoms with Crippen LogP contribution in [0.1, 0.15) is 12.0 Å². The number of hydrogen-bond donors (Lipinski definition) is 2. The molecule has 2 amide bonds. The van der Waals surface area contributed by atoms with Crippen LogP contribution < -0.4 is 5.32 Å². The van der Waals surface area contributed by atoms with Gasteiger partial charge in [0.15, 0.2) is 0 Å². The van der Waals surface area contributed by atoms with E-state index in [9.17, 15) is 9.59 Å². The molecular formula is C14H19N3O4. The van der Waals surface area contributed by atoms with Gasteiger partial charge in [0, 0.05) is 32.0 Å². The second kappa shape index (κ2) is 7.58. The molecule has 0 bridgehead atoms. The number of hydrogen-bond acceptors (Lipinski definition) is 4. The third kappa shape index (κ3) is 5.03. The Bertz CT molecular complexity index is 480. The van der Waals surface area contributed by atoms with E-state index in [1.807, 2.05) is 12.1 Å². The van der Waals surface area contributed by atoms with Gasteiger partial charge in [0.2, 0.25) is 0 Å². The number of urea groups is 1. The fourth-order valence-electron chi connectivity index (χ4n) is 2.19. The molecule has 2 heterocycles. The monoisotopic (exact) mass is 293 g/mol. The zero-order valence-electron chi connectivity index (χ0n) is 11.7. The first-order valence-electron chi connectivity index (χ1n) is 6.90. The number of carboxylic acid groups (broad SMARTS) is 1. The van der Waals surface area contributed by atoms with Crippen molar-refractivity contribution in [2.75, 3.05) is 26.2 Å². The number of carbonyl (C=O) groups is 2. The Kier molecular flexibility index (Phi) is 5.51. The van der Waals surface area contributed by atoms with Crippen LogP contribution in [0, 0.1) is 0 Å². The number of nitrogens with zero attached hydrogens (tertiary/aromatic N) is 2. The van der Waals surface area contributed by atoms with Gasteiger partial charge >= 0.3 is 12.0 Å². The number of pyridine rings is 1. The zero-order chi connectivity index (χ0) is 15.1. The summed E-state index contributed by atoms with van der Waals surface area (Å²) < 4.78 is 5.33. The second-order valence-corrected chi connectivity index (χ2v) is 4.88. The van der Waals surface area contributed by atoms with E-state index in [0.29, 0.717) is 32.7 Å². The van der Waals surface area contributed by atoms with Gasteiger partial charge in [-0.2, -0.15) is 0 Å². The van der Waals surface area contributed by atoms with Gasteiger partial charge < -0.3 is 20.1 Å². The minimum Gasteiger partial charge on any atom is -0.481 e. The first-order valence-corrected chi connectivity index (χ1v) is 6.90. The molecule has 1 unspecified atom stereocenters. The van der Waals surface area contributed by atoms with E-state index in [-0.39, 0.29) is 12.5 Å². The Morgan fingerprint density at radius 2 is 2.38 bits per heavy atom. The summed E-state index contributed by atoms with van der Waals surface area (Å²) in [6, 6.07) is 3.63. The number of aliphatic carboxylic acids is 1. The van der Waals surface area contributed by atoms with Crippen LogP contribution in [0.2, 0.25) is 0 Å². The van der Waals surface area contributed by atoms with Gasteiger partial charge in [-0.3, -0.25) is 9.78 Å². The number of ether oxygens (including phenoxy) is 1. The highest BCUT2D eigenvalue weighted by atomic mass is 16.5. The minimum atomic E-state index is -0.918. The Labute approximate surface area is 122 Å². The Balaban J connectivity index is 1.73. The Morgan fingerprint density at radius 1 is 1.52 bits per heavy atom. The molecule has 7 heteroatoms. The Morgan fingerprint density at radius 3 is 3.10 bits per heavy atom. The molecule has 0 aromatic carbocycles. The van der Waals surface area contributed by atoms with E-state index >= 15 is 0 Å². The lowest BCUT2D eigenvalue weighted by Crippen LogP contribution is -2.50. The molecule has 0 radical (unpaired) electrons. The van der Waals surface area contributed by atoms with Crippen molar-refractivity contribution in [3.63, 3.8) is 0 Å². The standard InChI is InChI=1S/C14H19N3O4/c18-13(19)8-12-10-17(6-7-21-12)14(20)16-5-3-11-2-1-4-15-9-11/h1-2,4,9,12H,3,5-8,10H2,(H,16,20)(H,18,19). The topological polar surface area (TPSA) is 91.8 Å². The van der Waals surface area contributed by atoms with Crippen molar-refractivity contribution >= 4 is 12.0 Å². The third-order valence-corrected chi connectivity index (χ3v) is 3.24. The molecule has 1 fully saturated rings. The highest BCUT2D eigenvalue weighted by molar-refractivity contribution is 5.74. The summed E-state index contributed by atoms with van der Waals surface area (Å²) in [5.41, 5.74) is 1.06. The summed E-state index contributed by atoms with van der Waals surface area (Å²) >= 11 is 0. The van der Waals surface area contributed by atoms with E-state index < -0.39 is 12.1 Å². The molecule has 1 aromatic heterocycles. The second-order valence-electron chi connectivity index (χ2n) is 4.88. The number of carboxylic acids is 1. The van der Waals surface area contributed by atoms with Crippen molar-refractivity contribution in [3.8, 4) is 0 Å². The van der Waals surface area contributed by atoms with Gasteiger partial charge in [-0.05, 0) is 18.1 Å². The van der Waals surface area contributed by atoms with Gasteiger partial charge in [-0.15, -0.1) is 0 Å². The zero-order valence-corrected chi connectivity index (χ0v) is 11.7. The summed E-state index contributed by atoms with van der Waals surface area (Å²) in [6.07, 6.45) is 3.67. The average molecular weight is 293 g/mol. The molecule has 1 aliphatic heterocycles. The van der Waals surface area contributed by atoms with Crippen LogP contribution in [0.4, 0.5) is 4.79 Å². The van der Waals surface area contributed by atoms with Crippen molar-refractivity contribution in [1.29, 1.82) is 0 Å². The number of carbonyl (C=O) groups excluding carboxylic acids is 1. The normalized spacial score (nSPS) is 18.3. The molecule has 0 aliphatic carbocycles. The van der Waals surface area contributed by atoms with E-state index in [4.69, 9.17) is 9.84 Å². The quantitative estimate of drug-likeness (QED) is 0.825. The highest BCUT2D eigenvalue weighted by Gasteiger charge is 2.25. The molecule has 2 N–H and O–H groups in total. The predicted octanol–water partition coefficient (Wildman–Crippen LogP) is 0.509. The number of nitrogens with one attached hydrogen (secondary N) is 1. The summed E-state index contributed by atoms with van der Waals surface area (Å²) in [6.45, 7) is 1.68. The van der Waals surface area contributed by atoms with E-state index in [1.165, 1.54) is 0 Å². The minimum absolute atomic E-state index is 0.0839. The van der Waals surface area contributed by atoms with Crippen molar-refractivity contribution in [3.05, 3.63) is 30.1 Å². The smallest absolute Gasteiger partial charge is 0.317 e. The predicted molar refractivity (Wildman–Crippen MR) is 74.9 cm³/mol. The van der Waals surface area contributed by atoms with Crippen LogP contribution >= 0.6 is 0 Å².